The Morgan fingerprint density at radius 3 is 2.12 bits per heavy atom. The van der Waals surface area contributed by atoms with Crippen LogP contribution in [0.4, 0.5) is 13.2 Å². The number of carbonyl (C=O) groups excluding carboxylic acids is 1. The number of sulfone groups is 1. The molecular weight excluding hydrogens is 559 g/mol. The van der Waals surface area contributed by atoms with Gasteiger partial charge in [0.15, 0.2) is 9.84 Å². The van der Waals surface area contributed by atoms with Gasteiger partial charge in [-0.05, 0) is 35.2 Å². The summed E-state index contributed by atoms with van der Waals surface area (Å²) >= 11 is 0. The molecule has 0 bridgehead atoms. The number of carbonyl (C=O) groups is 1. The van der Waals surface area contributed by atoms with Gasteiger partial charge in [-0.1, -0.05) is 65.0 Å². The van der Waals surface area contributed by atoms with Gasteiger partial charge in [-0.2, -0.15) is 13.2 Å². The summed E-state index contributed by atoms with van der Waals surface area (Å²) in [6.07, 6.45) is -4.43. The molecule has 3 N–H and O–H groups in total. The number of benzene rings is 2. The van der Waals surface area contributed by atoms with Crippen molar-refractivity contribution in [1.29, 1.82) is 0 Å². The molecule has 12 heteroatoms. The number of aliphatic hydroxyl groups is 2. The van der Waals surface area contributed by atoms with Gasteiger partial charge in [-0.3, -0.25) is 4.79 Å². The van der Waals surface area contributed by atoms with Gasteiger partial charge in [0, 0.05) is 12.0 Å². The zero-order valence-electron chi connectivity index (χ0n) is 23.7. The number of hydrogen-bond acceptors (Lipinski definition) is 6. The van der Waals surface area contributed by atoms with Crippen molar-refractivity contribution >= 4 is 15.7 Å². The van der Waals surface area contributed by atoms with Gasteiger partial charge in [0.25, 0.3) is 5.91 Å². The van der Waals surface area contributed by atoms with Gasteiger partial charge in [-0.25, -0.2) is 13.4 Å². The number of imidazole rings is 1. The lowest BCUT2D eigenvalue weighted by atomic mass is 9.95. The minimum Gasteiger partial charge on any atom is -0.394 e. The van der Waals surface area contributed by atoms with Gasteiger partial charge in [0.1, 0.15) is 11.5 Å². The van der Waals surface area contributed by atoms with E-state index in [4.69, 9.17) is 0 Å². The third-order valence-electron chi connectivity index (χ3n) is 6.82. The normalized spacial score (nSPS) is 13.3. The van der Waals surface area contributed by atoms with Crippen LogP contribution in [0.2, 0.25) is 0 Å². The third kappa shape index (κ3) is 6.99. The molecule has 3 aromatic rings. The van der Waals surface area contributed by atoms with Crippen LogP contribution in [0.1, 0.15) is 84.9 Å². The van der Waals surface area contributed by atoms with Crippen LogP contribution in [0, 0.1) is 0 Å². The maximum Gasteiger partial charge on any atom is 0.417 e. The number of aromatic nitrogens is 2. The SMILES string of the molecule is CCc1c(C(=O)N[C@@H](CO)c2ccc(S(=O)(=O)CC)cc2)nc(C(C)(C)C)n1Cc1cccc(CO)c1C(F)(F)F. The van der Waals surface area contributed by atoms with Gasteiger partial charge >= 0.3 is 6.18 Å². The third-order valence-corrected chi connectivity index (χ3v) is 8.57. The Hall–Kier alpha value is -3.22. The predicted octanol–water partition coefficient (Wildman–Crippen LogP) is 4.56. The number of halogens is 3. The van der Waals surface area contributed by atoms with Crippen molar-refractivity contribution in [1.82, 2.24) is 14.9 Å². The van der Waals surface area contributed by atoms with E-state index >= 15 is 0 Å². The van der Waals surface area contributed by atoms with Crippen LogP contribution in [0.15, 0.2) is 47.4 Å². The second-order valence-electron chi connectivity index (χ2n) is 10.7. The van der Waals surface area contributed by atoms with Crippen molar-refractivity contribution in [3.63, 3.8) is 0 Å². The summed E-state index contributed by atoms with van der Waals surface area (Å²) in [7, 11) is -3.43. The molecule has 1 atom stereocenters. The minimum absolute atomic E-state index is 0.0212. The number of nitrogens with zero attached hydrogens (tertiary/aromatic N) is 2. The average molecular weight is 596 g/mol. The smallest absolute Gasteiger partial charge is 0.394 e. The largest absolute Gasteiger partial charge is 0.417 e. The Bertz CT molecular complexity index is 1490. The fourth-order valence-electron chi connectivity index (χ4n) is 4.76. The predicted molar refractivity (Wildman–Crippen MR) is 148 cm³/mol. The van der Waals surface area contributed by atoms with E-state index in [0.29, 0.717) is 17.1 Å². The van der Waals surface area contributed by atoms with E-state index in [0.717, 1.165) is 0 Å². The van der Waals surface area contributed by atoms with Crippen LogP contribution < -0.4 is 5.32 Å². The number of alkyl halides is 3. The van der Waals surface area contributed by atoms with Gasteiger partial charge in [-0.15, -0.1) is 0 Å². The summed E-state index contributed by atoms with van der Waals surface area (Å²) in [4.78, 5) is 18.2. The van der Waals surface area contributed by atoms with Crippen LogP contribution in [0.5, 0.6) is 0 Å². The first-order valence-electron chi connectivity index (χ1n) is 13.2. The molecule has 1 heterocycles. The summed E-state index contributed by atoms with van der Waals surface area (Å²) in [5.74, 6) is -0.299. The summed E-state index contributed by atoms with van der Waals surface area (Å²) in [6, 6.07) is 8.98. The minimum atomic E-state index is -4.70. The fourth-order valence-corrected chi connectivity index (χ4v) is 5.64. The maximum atomic E-state index is 14.0. The summed E-state index contributed by atoms with van der Waals surface area (Å²) in [5, 5.41) is 22.3. The van der Waals surface area contributed by atoms with Crippen molar-refractivity contribution in [2.24, 2.45) is 0 Å². The van der Waals surface area contributed by atoms with E-state index in [2.05, 4.69) is 10.3 Å². The van der Waals surface area contributed by atoms with E-state index in [1.54, 1.807) is 11.5 Å². The molecule has 0 aliphatic rings. The lowest BCUT2D eigenvalue weighted by molar-refractivity contribution is -0.139. The quantitative estimate of drug-likeness (QED) is 0.316. The summed E-state index contributed by atoms with van der Waals surface area (Å²) < 4.78 is 68.0. The van der Waals surface area contributed by atoms with E-state index in [1.165, 1.54) is 49.4 Å². The summed E-state index contributed by atoms with van der Waals surface area (Å²) in [5.41, 5.74) is -0.968. The molecule has 8 nitrogen and oxygen atoms in total. The highest BCUT2D eigenvalue weighted by molar-refractivity contribution is 7.91. The molecule has 0 aliphatic carbocycles. The van der Waals surface area contributed by atoms with Gasteiger partial charge in [0.2, 0.25) is 0 Å². The molecular formula is C29H36F3N3O5S. The molecule has 0 aliphatic heterocycles. The first-order valence-corrected chi connectivity index (χ1v) is 14.9. The molecule has 41 heavy (non-hydrogen) atoms. The number of hydrogen-bond donors (Lipinski definition) is 3. The molecule has 224 valence electrons. The van der Waals surface area contributed by atoms with E-state index in [1.807, 2.05) is 20.8 Å². The van der Waals surface area contributed by atoms with Gasteiger partial charge in [0.05, 0.1) is 41.2 Å². The molecule has 3 rings (SSSR count). The van der Waals surface area contributed by atoms with Crippen molar-refractivity contribution < 1.29 is 36.6 Å². The Labute approximate surface area is 238 Å². The lowest BCUT2D eigenvalue weighted by Gasteiger charge is -2.23. The Morgan fingerprint density at radius 2 is 1.63 bits per heavy atom. The highest BCUT2D eigenvalue weighted by Gasteiger charge is 2.37. The molecule has 1 aromatic heterocycles. The van der Waals surface area contributed by atoms with E-state index in [-0.39, 0.29) is 40.4 Å². The molecule has 0 radical (unpaired) electrons. The lowest BCUT2D eigenvalue weighted by Crippen LogP contribution is -2.32. The average Bonchev–Trinajstić information content (AvgIpc) is 3.29. The van der Waals surface area contributed by atoms with E-state index < -0.39 is 52.2 Å². The molecule has 0 fully saturated rings. The van der Waals surface area contributed by atoms with E-state index in [9.17, 15) is 36.6 Å². The molecule has 1 amide bonds. The Balaban J connectivity index is 2.05. The van der Waals surface area contributed by atoms with Crippen molar-refractivity contribution in [3.8, 4) is 0 Å². The van der Waals surface area contributed by atoms with Crippen molar-refractivity contribution in [2.45, 2.75) is 76.7 Å². The monoisotopic (exact) mass is 595 g/mol. The number of nitrogens with one attached hydrogen (secondary N) is 1. The molecule has 0 saturated carbocycles. The zero-order chi connectivity index (χ0) is 30.8. The fraction of sp³-hybridized carbons (Fsp3) is 0.448. The number of amides is 1. The molecule has 0 spiro atoms. The highest BCUT2D eigenvalue weighted by atomic mass is 32.2. The van der Waals surface area contributed by atoms with Crippen LogP contribution in [-0.2, 0) is 41.0 Å². The van der Waals surface area contributed by atoms with Crippen LogP contribution in [0.3, 0.4) is 0 Å². The number of rotatable bonds is 10. The van der Waals surface area contributed by atoms with Crippen LogP contribution in [0.25, 0.3) is 0 Å². The molecule has 0 unspecified atom stereocenters. The standard InChI is InChI=1S/C29H36F3N3O5S/c1-6-23-25(26(38)33-22(17-37)18-11-13-21(14-12-18)41(39,40)7-2)34-27(28(3,4)5)35(23)15-19-9-8-10-20(16-36)24(19)29(30,31)32/h8-14,22,36-37H,6-7,15-17H2,1-5H3,(H,33,38)/t22-/m0/s1. The summed E-state index contributed by atoms with van der Waals surface area (Å²) in [6.45, 7) is 7.32. The second kappa shape index (κ2) is 12.3. The van der Waals surface area contributed by atoms with Crippen molar-refractivity contribution in [3.05, 3.63) is 81.9 Å². The first kappa shape index (κ1) is 32.3. The first-order chi connectivity index (χ1) is 19.1. The van der Waals surface area contributed by atoms with Gasteiger partial charge < -0.3 is 20.1 Å². The Morgan fingerprint density at radius 1 is 1.02 bits per heavy atom. The molecule has 0 saturated heterocycles. The number of aliphatic hydroxyl groups excluding tert-OH is 2. The topological polar surface area (TPSA) is 122 Å². The van der Waals surface area contributed by atoms with Crippen LogP contribution >= 0.6 is 0 Å². The Kier molecular flexibility index (Phi) is 9.72. The maximum absolute atomic E-state index is 14.0. The highest BCUT2D eigenvalue weighted by Crippen LogP contribution is 2.36. The zero-order valence-corrected chi connectivity index (χ0v) is 24.5. The van der Waals surface area contributed by atoms with Crippen LogP contribution in [-0.4, -0.2) is 46.4 Å². The second-order valence-corrected chi connectivity index (χ2v) is 13.0. The molecule has 2 aromatic carbocycles. The van der Waals surface area contributed by atoms with Crippen molar-refractivity contribution in [2.75, 3.05) is 12.4 Å².